The van der Waals surface area contributed by atoms with E-state index in [-0.39, 0.29) is 0 Å². The van der Waals surface area contributed by atoms with Crippen LogP contribution in [0.15, 0.2) is 0 Å². The molecule has 1 aromatic heterocycles. The average Bonchev–Trinajstić information content (AvgIpc) is 2.51. The summed E-state index contributed by atoms with van der Waals surface area (Å²) in [6.45, 7) is 5.93. The van der Waals surface area contributed by atoms with Crippen molar-refractivity contribution in [1.82, 2.24) is 20.0 Å². The summed E-state index contributed by atoms with van der Waals surface area (Å²) in [4.78, 5) is 2.16. The molecule has 1 rings (SSSR count). The predicted molar refractivity (Wildman–Crippen MR) is 80.1 cm³/mol. The van der Waals surface area contributed by atoms with E-state index in [0.29, 0.717) is 5.11 Å². The van der Waals surface area contributed by atoms with Gasteiger partial charge in [-0.05, 0) is 53.1 Å². The number of anilines is 1. The molecule has 102 valence electrons. The van der Waals surface area contributed by atoms with Gasteiger partial charge in [0.2, 0.25) is 0 Å². The Morgan fingerprint density at radius 3 is 2.56 bits per heavy atom. The number of aromatic nitrogens is 2. The molecule has 0 spiro atoms. The fraction of sp³-hybridized carbons (Fsp3) is 0.667. The maximum atomic E-state index is 5.27. The van der Waals surface area contributed by atoms with E-state index >= 15 is 0 Å². The predicted octanol–water partition coefficient (Wildman–Crippen LogP) is 1.28. The van der Waals surface area contributed by atoms with Crippen molar-refractivity contribution in [2.75, 3.05) is 32.5 Å². The van der Waals surface area contributed by atoms with Crippen LogP contribution < -0.4 is 10.6 Å². The standard InChI is InChI=1S/C12H23N5S/c1-9-11(10(2)17(5)15-9)14-12(18)13-7-6-8-16(3)4/h6-8H2,1-5H3,(H2,13,14,18). The molecule has 0 fully saturated rings. The smallest absolute Gasteiger partial charge is 0.170 e. The molecule has 0 amide bonds. The Morgan fingerprint density at radius 2 is 2.06 bits per heavy atom. The van der Waals surface area contributed by atoms with E-state index in [1.807, 2.05) is 25.6 Å². The van der Waals surface area contributed by atoms with E-state index in [9.17, 15) is 0 Å². The molecule has 0 unspecified atom stereocenters. The lowest BCUT2D eigenvalue weighted by atomic mass is 10.3. The lowest BCUT2D eigenvalue weighted by molar-refractivity contribution is 0.400. The highest BCUT2D eigenvalue weighted by Gasteiger charge is 2.09. The van der Waals surface area contributed by atoms with Crippen LogP contribution in [0.3, 0.4) is 0 Å². The highest BCUT2D eigenvalue weighted by atomic mass is 32.1. The van der Waals surface area contributed by atoms with Gasteiger partial charge in [-0.25, -0.2) is 0 Å². The van der Waals surface area contributed by atoms with Crippen molar-refractivity contribution >= 4 is 23.0 Å². The molecule has 0 atom stereocenters. The summed E-state index contributed by atoms with van der Waals surface area (Å²) >= 11 is 5.27. The maximum Gasteiger partial charge on any atom is 0.170 e. The first-order chi connectivity index (χ1) is 8.41. The molecule has 0 aromatic carbocycles. The van der Waals surface area contributed by atoms with Gasteiger partial charge >= 0.3 is 0 Å². The van der Waals surface area contributed by atoms with Crippen LogP contribution in [0.4, 0.5) is 5.69 Å². The van der Waals surface area contributed by atoms with Crippen LogP contribution in [0.25, 0.3) is 0 Å². The van der Waals surface area contributed by atoms with Crippen LogP contribution in [0, 0.1) is 13.8 Å². The van der Waals surface area contributed by atoms with Crippen LogP contribution in [0.2, 0.25) is 0 Å². The number of hydrogen-bond acceptors (Lipinski definition) is 3. The topological polar surface area (TPSA) is 45.1 Å². The summed E-state index contributed by atoms with van der Waals surface area (Å²) < 4.78 is 1.85. The van der Waals surface area contributed by atoms with Crippen LogP contribution >= 0.6 is 12.2 Å². The maximum absolute atomic E-state index is 5.27. The van der Waals surface area contributed by atoms with E-state index < -0.39 is 0 Å². The van der Waals surface area contributed by atoms with E-state index in [2.05, 4.69) is 34.7 Å². The highest BCUT2D eigenvalue weighted by Crippen LogP contribution is 2.17. The van der Waals surface area contributed by atoms with E-state index in [0.717, 1.165) is 36.6 Å². The number of thiocarbonyl (C=S) groups is 1. The molecule has 0 aliphatic heterocycles. The lowest BCUT2D eigenvalue weighted by Crippen LogP contribution is -2.31. The minimum absolute atomic E-state index is 0.660. The zero-order chi connectivity index (χ0) is 13.7. The Labute approximate surface area is 115 Å². The second-order valence-corrected chi connectivity index (χ2v) is 5.12. The normalized spacial score (nSPS) is 10.8. The molecule has 0 saturated carbocycles. The zero-order valence-electron chi connectivity index (χ0n) is 11.9. The summed E-state index contributed by atoms with van der Waals surface area (Å²) in [7, 11) is 6.07. The van der Waals surface area contributed by atoms with E-state index in [4.69, 9.17) is 12.2 Å². The Hall–Kier alpha value is -1.14. The van der Waals surface area contributed by atoms with Crippen molar-refractivity contribution in [3.05, 3.63) is 11.4 Å². The summed E-state index contributed by atoms with van der Waals surface area (Å²) in [5.74, 6) is 0. The summed E-state index contributed by atoms with van der Waals surface area (Å²) in [6, 6.07) is 0. The number of nitrogens with zero attached hydrogens (tertiary/aromatic N) is 3. The molecule has 0 bridgehead atoms. The van der Waals surface area contributed by atoms with Crippen LogP contribution in [-0.4, -0.2) is 47.0 Å². The van der Waals surface area contributed by atoms with Crippen molar-refractivity contribution in [3.63, 3.8) is 0 Å². The van der Waals surface area contributed by atoms with Gasteiger partial charge < -0.3 is 15.5 Å². The molecule has 2 N–H and O–H groups in total. The monoisotopic (exact) mass is 269 g/mol. The molecule has 0 aliphatic rings. The van der Waals surface area contributed by atoms with Crippen LogP contribution in [0.1, 0.15) is 17.8 Å². The molecular formula is C12H23N5S. The van der Waals surface area contributed by atoms with Gasteiger partial charge in [0.05, 0.1) is 17.1 Å². The van der Waals surface area contributed by atoms with Crippen molar-refractivity contribution in [1.29, 1.82) is 0 Å². The van der Waals surface area contributed by atoms with Gasteiger partial charge in [0.1, 0.15) is 0 Å². The molecular weight excluding hydrogens is 246 g/mol. The molecule has 1 aromatic rings. The van der Waals surface area contributed by atoms with Gasteiger partial charge in [-0.3, -0.25) is 4.68 Å². The summed E-state index contributed by atoms with van der Waals surface area (Å²) in [6.07, 6.45) is 1.07. The van der Waals surface area contributed by atoms with Crippen molar-refractivity contribution in [2.45, 2.75) is 20.3 Å². The largest absolute Gasteiger partial charge is 0.362 e. The number of aryl methyl sites for hydroxylation is 2. The number of nitrogens with one attached hydrogen (secondary N) is 2. The fourth-order valence-electron chi connectivity index (χ4n) is 1.71. The Bertz CT molecular complexity index is 411. The minimum Gasteiger partial charge on any atom is -0.362 e. The quantitative estimate of drug-likeness (QED) is 0.623. The lowest BCUT2D eigenvalue weighted by Gasteiger charge is -2.12. The summed E-state index contributed by atoms with van der Waals surface area (Å²) in [5.41, 5.74) is 3.06. The third-order valence-corrected chi connectivity index (χ3v) is 3.06. The zero-order valence-corrected chi connectivity index (χ0v) is 12.7. The van der Waals surface area contributed by atoms with Crippen LogP contribution in [0.5, 0.6) is 0 Å². The molecule has 5 nitrogen and oxygen atoms in total. The number of hydrogen-bond donors (Lipinski definition) is 2. The minimum atomic E-state index is 0.660. The van der Waals surface area contributed by atoms with Crippen LogP contribution in [-0.2, 0) is 7.05 Å². The van der Waals surface area contributed by atoms with Crippen molar-refractivity contribution < 1.29 is 0 Å². The van der Waals surface area contributed by atoms with Gasteiger partial charge in [0.15, 0.2) is 5.11 Å². The first-order valence-corrected chi connectivity index (χ1v) is 6.52. The van der Waals surface area contributed by atoms with Gasteiger partial charge in [0.25, 0.3) is 0 Å². The summed E-state index contributed by atoms with van der Waals surface area (Å²) in [5, 5.41) is 11.4. The SMILES string of the molecule is Cc1nn(C)c(C)c1NC(=S)NCCCN(C)C. The van der Waals surface area contributed by atoms with E-state index in [1.54, 1.807) is 0 Å². The molecule has 18 heavy (non-hydrogen) atoms. The Morgan fingerprint density at radius 1 is 1.39 bits per heavy atom. The Kier molecular flexibility index (Phi) is 5.55. The number of rotatable bonds is 5. The van der Waals surface area contributed by atoms with E-state index in [1.165, 1.54) is 0 Å². The Balaban J connectivity index is 2.40. The van der Waals surface area contributed by atoms with Gasteiger partial charge in [0, 0.05) is 13.6 Å². The molecule has 1 heterocycles. The van der Waals surface area contributed by atoms with Crippen molar-refractivity contribution in [3.8, 4) is 0 Å². The first-order valence-electron chi connectivity index (χ1n) is 6.11. The third-order valence-electron chi connectivity index (χ3n) is 2.82. The molecule has 0 aliphatic carbocycles. The second-order valence-electron chi connectivity index (χ2n) is 4.71. The third kappa shape index (κ3) is 4.27. The van der Waals surface area contributed by atoms with Gasteiger partial charge in [-0.1, -0.05) is 0 Å². The van der Waals surface area contributed by atoms with Gasteiger partial charge in [-0.15, -0.1) is 0 Å². The van der Waals surface area contributed by atoms with Gasteiger partial charge in [-0.2, -0.15) is 5.10 Å². The molecule has 0 radical (unpaired) electrons. The fourth-order valence-corrected chi connectivity index (χ4v) is 1.91. The molecule has 0 saturated heterocycles. The second kappa shape index (κ2) is 6.70. The highest BCUT2D eigenvalue weighted by molar-refractivity contribution is 7.80. The first kappa shape index (κ1) is 14.9. The molecule has 6 heteroatoms. The van der Waals surface area contributed by atoms with Crippen molar-refractivity contribution in [2.24, 2.45) is 7.05 Å². The average molecular weight is 269 g/mol.